The number of oxime groups is 1. The molecule has 252 valence electrons. The van der Waals surface area contributed by atoms with Crippen LogP contribution in [-0.4, -0.2) is 57.6 Å². The van der Waals surface area contributed by atoms with Crippen LogP contribution in [0, 0.1) is 0 Å². The Bertz CT molecular complexity index is 1630. The molecule has 0 bridgehead atoms. The largest absolute Gasteiger partial charge is 0.494 e. The van der Waals surface area contributed by atoms with E-state index in [1.54, 1.807) is 24.5 Å². The SMILES string of the molecule is NC(=NO)c1ccc(OCCCCCOc2ccc(-c3nc(C4CCCCC4)sc3CCN(C(=O)c3cccnc3)C3CC3)cc2)cc1. The fourth-order valence-corrected chi connectivity index (χ4v) is 7.50. The molecule has 2 fully saturated rings. The maximum Gasteiger partial charge on any atom is 0.255 e. The van der Waals surface area contributed by atoms with Gasteiger partial charge in [0.15, 0.2) is 5.84 Å². The highest BCUT2D eigenvalue weighted by Gasteiger charge is 2.33. The first kappa shape index (κ1) is 33.5. The van der Waals surface area contributed by atoms with E-state index < -0.39 is 0 Å². The third kappa shape index (κ3) is 8.92. The number of carbonyl (C=O) groups is 1. The Hall–Kier alpha value is -4.44. The number of ether oxygens (including phenoxy) is 2. The van der Waals surface area contributed by atoms with Crippen molar-refractivity contribution in [1.82, 2.24) is 14.9 Å². The number of pyridine rings is 1. The van der Waals surface area contributed by atoms with Crippen LogP contribution in [0.1, 0.15) is 95.9 Å². The lowest BCUT2D eigenvalue weighted by molar-refractivity contribution is 0.0745. The Kier molecular flexibility index (Phi) is 11.6. The van der Waals surface area contributed by atoms with Crippen molar-refractivity contribution in [3.63, 3.8) is 0 Å². The molecule has 2 saturated carbocycles. The van der Waals surface area contributed by atoms with E-state index in [-0.39, 0.29) is 11.7 Å². The minimum atomic E-state index is 0.0737. The summed E-state index contributed by atoms with van der Waals surface area (Å²) in [6, 6.07) is 19.5. The molecule has 10 heteroatoms. The van der Waals surface area contributed by atoms with Crippen molar-refractivity contribution in [2.24, 2.45) is 10.9 Å². The van der Waals surface area contributed by atoms with Gasteiger partial charge in [0.2, 0.25) is 0 Å². The lowest BCUT2D eigenvalue weighted by Gasteiger charge is -2.22. The van der Waals surface area contributed by atoms with Crippen LogP contribution >= 0.6 is 11.3 Å². The van der Waals surface area contributed by atoms with Gasteiger partial charge in [0.25, 0.3) is 5.91 Å². The molecule has 9 nitrogen and oxygen atoms in total. The fraction of sp³-hybridized carbons (Fsp3) is 0.421. The van der Waals surface area contributed by atoms with Gasteiger partial charge in [0, 0.05) is 53.3 Å². The van der Waals surface area contributed by atoms with E-state index in [0.717, 1.165) is 61.3 Å². The van der Waals surface area contributed by atoms with E-state index in [1.165, 1.54) is 42.0 Å². The Labute approximate surface area is 286 Å². The summed E-state index contributed by atoms with van der Waals surface area (Å²) >= 11 is 1.85. The quantitative estimate of drug-likeness (QED) is 0.0411. The van der Waals surface area contributed by atoms with Gasteiger partial charge in [-0.05, 0) is 106 Å². The van der Waals surface area contributed by atoms with Crippen LogP contribution in [0.2, 0.25) is 0 Å². The van der Waals surface area contributed by atoms with E-state index in [2.05, 4.69) is 22.3 Å². The molecular formula is C38H45N5O4S. The van der Waals surface area contributed by atoms with E-state index in [4.69, 9.17) is 25.4 Å². The topological polar surface area (TPSA) is 123 Å². The van der Waals surface area contributed by atoms with Crippen LogP contribution in [0.15, 0.2) is 78.2 Å². The molecular weight excluding hydrogens is 623 g/mol. The first-order valence-corrected chi connectivity index (χ1v) is 18.1. The summed E-state index contributed by atoms with van der Waals surface area (Å²) in [5, 5.41) is 13.0. The Balaban J connectivity index is 1.02. The zero-order valence-corrected chi connectivity index (χ0v) is 28.2. The van der Waals surface area contributed by atoms with Crippen LogP contribution in [0.4, 0.5) is 0 Å². The number of nitrogens with two attached hydrogens (primary N) is 1. The second kappa shape index (κ2) is 16.6. The summed E-state index contributed by atoms with van der Waals surface area (Å²) in [7, 11) is 0. The third-order valence-electron chi connectivity index (χ3n) is 9.12. The van der Waals surface area contributed by atoms with Crippen molar-refractivity contribution >= 4 is 23.1 Å². The zero-order valence-electron chi connectivity index (χ0n) is 27.4. The average molecular weight is 668 g/mol. The number of thiazole rings is 1. The highest BCUT2D eigenvalue weighted by atomic mass is 32.1. The van der Waals surface area contributed by atoms with Gasteiger partial charge in [0.1, 0.15) is 11.5 Å². The number of carbonyl (C=O) groups excluding carboxylic acids is 1. The predicted octanol–water partition coefficient (Wildman–Crippen LogP) is 7.82. The average Bonchev–Trinajstić information content (AvgIpc) is 3.90. The Morgan fingerprint density at radius 1 is 0.896 bits per heavy atom. The molecule has 4 aromatic rings. The Morgan fingerprint density at radius 2 is 1.58 bits per heavy atom. The van der Waals surface area contributed by atoms with Gasteiger partial charge in [-0.1, -0.05) is 24.4 Å². The van der Waals surface area contributed by atoms with Gasteiger partial charge in [-0.3, -0.25) is 9.78 Å². The number of aromatic nitrogens is 2. The van der Waals surface area contributed by atoms with Crippen molar-refractivity contribution in [2.45, 2.75) is 82.6 Å². The van der Waals surface area contributed by atoms with E-state index in [0.29, 0.717) is 42.8 Å². The molecule has 2 aliphatic carbocycles. The summed E-state index contributed by atoms with van der Waals surface area (Å²) < 4.78 is 11.9. The van der Waals surface area contributed by atoms with E-state index in [1.807, 2.05) is 52.6 Å². The minimum Gasteiger partial charge on any atom is -0.494 e. The molecule has 2 aromatic carbocycles. The lowest BCUT2D eigenvalue weighted by Crippen LogP contribution is -2.35. The minimum absolute atomic E-state index is 0.0737. The molecule has 0 saturated heterocycles. The third-order valence-corrected chi connectivity index (χ3v) is 10.4. The zero-order chi connectivity index (χ0) is 33.1. The molecule has 6 rings (SSSR count). The summed E-state index contributed by atoms with van der Waals surface area (Å²) in [4.78, 5) is 26.1. The molecule has 1 amide bonds. The summed E-state index contributed by atoms with van der Waals surface area (Å²) in [6.45, 7) is 1.95. The molecule has 48 heavy (non-hydrogen) atoms. The molecule has 2 aromatic heterocycles. The normalized spacial score (nSPS) is 15.3. The molecule has 3 N–H and O–H groups in total. The highest BCUT2D eigenvalue weighted by molar-refractivity contribution is 7.12. The first-order chi connectivity index (χ1) is 23.6. The molecule has 2 aliphatic rings. The maximum absolute atomic E-state index is 13.4. The van der Waals surface area contributed by atoms with Crippen LogP contribution in [0.3, 0.4) is 0 Å². The number of amidine groups is 1. The molecule has 0 aliphatic heterocycles. The van der Waals surface area contributed by atoms with Gasteiger partial charge < -0.3 is 25.3 Å². The van der Waals surface area contributed by atoms with Crippen molar-refractivity contribution in [2.75, 3.05) is 19.8 Å². The number of hydrogen-bond acceptors (Lipinski definition) is 8. The van der Waals surface area contributed by atoms with Crippen molar-refractivity contribution in [3.8, 4) is 22.8 Å². The monoisotopic (exact) mass is 667 g/mol. The second-order valence-corrected chi connectivity index (χ2v) is 13.8. The molecule has 0 radical (unpaired) electrons. The Morgan fingerprint density at radius 3 is 2.21 bits per heavy atom. The van der Waals surface area contributed by atoms with Crippen LogP contribution in [-0.2, 0) is 6.42 Å². The predicted molar refractivity (Wildman–Crippen MR) is 189 cm³/mol. The summed E-state index contributed by atoms with van der Waals surface area (Å²) in [6.07, 6.45) is 15.4. The van der Waals surface area contributed by atoms with E-state index >= 15 is 0 Å². The van der Waals surface area contributed by atoms with Gasteiger partial charge in [-0.25, -0.2) is 4.98 Å². The van der Waals surface area contributed by atoms with Crippen molar-refractivity contribution < 1.29 is 19.5 Å². The number of unbranched alkanes of at least 4 members (excludes halogenated alkanes) is 2. The molecule has 0 atom stereocenters. The standard InChI is InChI=1S/C38H45N5O4S/c39-36(42-45)28-13-19-33(20-14-28)47-25-6-2-5-24-46-32-17-11-27(12-18-32)35-34(48-37(41-35)29-8-3-1-4-9-29)21-23-43(31-15-16-31)38(44)30-10-7-22-40-26-30/h7,10-14,17-20,22,26,29,31,45H,1-6,8-9,15-16,21,23-25H2,(H2,39,42). The van der Waals surface area contributed by atoms with Crippen LogP contribution < -0.4 is 15.2 Å². The van der Waals surface area contributed by atoms with Crippen molar-refractivity contribution in [1.29, 1.82) is 0 Å². The van der Waals surface area contributed by atoms with Gasteiger partial charge in [-0.15, -0.1) is 11.3 Å². The maximum atomic E-state index is 13.4. The summed E-state index contributed by atoms with van der Waals surface area (Å²) in [5.74, 6) is 2.30. The first-order valence-electron chi connectivity index (χ1n) is 17.2. The number of rotatable bonds is 16. The molecule has 0 spiro atoms. The lowest BCUT2D eigenvalue weighted by atomic mass is 9.90. The van der Waals surface area contributed by atoms with E-state index in [9.17, 15) is 4.79 Å². The van der Waals surface area contributed by atoms with Crippen LogP contribution in [0.25, 0.3) is 11.3 Å². The van der Waals surface area contributed by atoms with Gasteiger partial charge in [0.05, 0.1) is 29.5 Å². The second-order valence-electron chi connectivity index (χ2n) is 12.7. The fourth-order valence-electron chi connectivity index (χ4n) is 6.25. The molecule has 0 unspecified atom stereocenters. The number of amides is 1. The van der Waals surface area contributed by atoms with Gasteiger partial charge >= 0.3 is 0 Å². The van der Waals surface area contributed by atoms with Gasteiger partial charge in [-0.2, -0.15) is 0 Å². The summed E-state index contributed by atoms with van der Waals surface area (Å²) in [5.41, 5.74) is 9.07. The van der Waals surface area contributed by atoms with Crippen LogP contribution in [0.5, 0.6) is 11.5 Å². The van der Waals surface area contributed by atoms with Crippen molar-refractivity contribution in [3.05, 3.63) is 94.1 Å². The number of hydrogen-bond donors (Lipinski definition) is 2. The molecule has 2 heterocycles. The number of benzene rings is 2. The number of nitrogens with zero attached hydrogens (tertiary/aromatic N) is 4. The highest BCUT2D eigenvalue weighted by Crippen LogP contribution is 2.39. The smallest absolute Gasteiger partial charge is 0.255 e.